The fourth-order valence-electron chi connectivity index (χ4n) is 5.27. The van der Waals surface area contributed by atoms with Gasteiger partial charge in [-0.15, -0.1) is 0 Å². The lowest BCUT2D eigenvalue weighted by molar-refractivity contribution is -0.135. The number of carbonyl (C=O) groups excluding carboxylic acids is 1. The lowest BCUT2D eigenvalue weighted by Gasteiger charge is -2.43. The number of hydrogen-bond acceptors (Lipinski definition) is 6. The summed E-state index contributed by atoms with van der Waals surface area (Å²) in [5.74, 6) is 2.30. The van der Waals surface area contributed by atoms with Crippen molar-refractivity contribution in [1.82, 2.24) is 9.88 Å². The van der Waals surface area contributed by atoms with E-state index in [0.29, 0.717) is 31.5 Å². The maximum Gasteiger partial charge on any atom is 0.225 e. The quantitative estimate of drug-likeness (QED) is 0.750. The van der Waals surface area contributed by atoms with E-state index in [4.69, 9.17) is 20.2 Å². The van der Waals surface area contributed by atoms with Gasteiger partial charge in [0.1, 0.15) is 0 Å². The van der Waals surface area contributed by atoms with Gasteiger partial charge in [0.05, 0.1) is 42.7 Å². The van der Waals surface area contributed by atoms with Crippen LogP contribution in [0.15, 0.2) is 0 Å². The van der Waals surface area contributed by atoms with Crippen molar-refractivity contribution in [2.45, 2.75) is 76.5 Å². The largest absolute Gasteiger partial charge is 0.395 e. The number of piperazine rings is 1. The number of amides is 1. The van der Waals surface area contributed by atoms with Crippen molar-refractivity contribution in [3.05, 3.63) is 16.8 Å². The minimum absolute atomic E-state index is 0.205. The van der Waals surface area contributed by atoms with Crippen molar-refractivity contribution in [1.29, 1.82) is 0 Å². The third kappa shape index (κ3) is 4.14. The van der Waals surface area contributed by atoms with Gasteiger partial charge in [0, 0.05) is 44.6 Å². The fourth-order valence-corrected chi connectivity index (χ4v) is 5.27. The van der Waals surface area contributed by atoms with Crippen LogP contribution < -0.4 is 10.6 Å². The first-order chi connectivity index (χ1) is 14.9. The predicted molar refractivity (Wildman–Crippen MR) is 120 cm³/mol. The van der Waals surface area contributed by atoms with Crippen molar-refractivity contribution in [3.8, 4) is 0 Å². The number of carbonyl (C=O) groups is 1. The summed E-state index contributed by atoms with van der Waals surface area (Å²) in [7, 11) is 1.65. The van der Waals surface area contributed by atoms with Gasteiger partial charge in [-0.3, -0.25) is 4.79 Å². The summed E-state index contributed by atoms with van der Waals surface area (Å²) in [5.41, 5.74) is 11.1. The first-order valence-electron chi connectivity index (χ1n) is 11.9. The van der Waals surface area contributed by atoms with Crippen LogP contribution in [-0.2, 0) is 27.3 Å². The standard InChI is InChI=1S/C24H36N4O3/c1-24(2)12-17-18(14-31-24)22(16-6-7-16)26-23(21(17)25)27-9-10-28(20(29)8-11-30-3)19(13-27)15-4-5-15/h15-16,19H,4-14,25H2,1-3H3. The molecule has 170 valence electrons. The van der Waals surface area contributed by atoms with Gasteiger partial charge in [0.25, 0.3) is 0 Å². The first kappa shape index (κ1) is 21.0. The summed E-state index contributed by atoms with van der Waals surface area (Å²) in [6.07, 6.45) is 6.11. The fraction of sp³-hybridized carbons (Fsp3) is 0.750. The van der Waals surface area contributed by atoms with E-state index < -0.39 is 0 Å². The van der Waals surface area contributed by atoms with Crippen molar-refractivity contribution in [2.75, 3.05) is 44.0 Å². The number of nitrogens with two attached hydrogens (primary N) is 1. The molecule has 1 atom stereocenters. The van der Waals surface area contributed by atoms with E-state index in [1.165, 1.54) is 42.5 Å². The summed E-state index contributed by atoms with van der Waals surface area (Å²) < 4.78 is 11.3. The average Bonchev–Trinajstić information content (AvgIpc) is 3.64. The second-order valence-corrected chi connectivity index (χ2v) is 10.4. The summed E-state index contributed by atoms with van der Waals surface area (Å²) in [5, 5.41) is 0. The topological polar surface area (TPSA) is 80.9 Å². The van der Waals surface area contributed by atoms with E-state index in [1.807, 2.05) is 0 Å². The molecule has 2 saturated carbocycles. The third-order valence-electron chi connectivity index (χ3n) is 7.36. The second-order valence-electron chi connectivity index (χ2n) is 10.4. The molecule has 3 fully saturated rings. The monoisotopic (exact) mass is 428 g/mol. The molecule has 1 unspecified atom stereocenters. The van der Waals surface area contributed by atoms with E-state index in [2.05, 4.69) is 23.6 Å². The van der Waals surface area contributed by atoms with Crippen molar-refractivity contribution in [3.63, 3.8) is 0 Å². The van der Waals surface area contributed by atoms with Crippen LogP contribution in [0.2, 0.25) is 0 Å². The molecule has 1 saturated heterocycles. The molecule has 2 aliphatic carbocycles. The molecule has 2 aliphatic heterocycles. The van der Waals surface area contributed by atoms with E-state index in [-0.39, 0.29) is 17.6 Å². The molecule has 0 spiro atoms. The normalized spacial score (nSPS) is 25.5. The van der Waals surface area contributed by atoms with Gasteiger partial charge >= 0.3 is 0 Å². The molecule has 31 heavy (non-hydrogen) atoms. The van der Waals surface area contributed by atoms with Gasteiger partial charge in [-0.05, 0) is 51.0 Å². The molecule has 7 nitrogen and oxygen atoms in total. The Balaban J connectivity index is 1.44. The van der Waals surface area contributed by atoms with Gasteiger partial charge in [0.2, 0.25) is 5.91 Å². The Labute approximate surface area is 185 Å². The molecular formula is C24H36N4O3. The van der Waals surface area contributed by atoms with Crippen LogP contribution in [0.4, 0.5) is 11.5 Å². The Morgan fingerprint density at radius 3 is 2.68 bits per heavy atom. The number of methoxy groups -OCH3 is 1. The minimum Gasteiger partial charge on any atom is -0.395 e. The highest BCUT2D eigenvalue weighted by atomic mass is 16.5. The Bertz CT molecular complexity index is 863. The Morgan fingerprint density at radius 2 is 2.00 bits per heavy atom. The number of nitrogens with zero attached hydrogens (tertiary/aromatic N) is 3. The van der Waals surface area contributed by atoms with Gasteiger partial charge in [-0.2, -0.15) is 0 Å². The van der Waals surface area contributed by atoms with Crippen LogP contribution in [0.1, 0.15) is 68.7 Å². The maximum absolute atomic E-state index is 12.8. The summed E-state index contributed by atoms with van der Waals surface area (Å²) in [6.45, 7) is 7.71. The molecule has 4 aliphatic rings. The van der Waals surface area contributed by atoms with Crippen LogP contribution in [0, 0.1) is 5.92 Å². The molecule has 5 rings (SSSR count). The lowest BCUT2D eigenvalue weighted by Crippen LogP contribution is -2.56. The van der Waals surface area contributed by atoms with E-state index in [1.54, 1.807) is 7.11 Å². The molecule has 0 radical (unpaired) electrons. The number of ether oxygens (including phenoxy) is 2. The number of nitrogen functional groups attached to an aromatic ring is 1. The smallest absolute Gasteiger partial charge is 0.225 e. The first-order valence-corrected chi connectivity index (χ1v) is 11.9. The molecule has 1 aromatic rings. The number of rotatable bonds is 6. The number of fused-ring (bicyclic) bond motifs is 1. The molecule has 0 bridgehead atoms. The molecule has 3 heterocycles. The van der Waals surface area contributed by atoms with E-state index >= 15 is 0 Å². The van der Waals surface area contributed by atoms with E-state index in [0.717, 1.165) is 37.6 Å². The number of pyridine rings is 1. The maximum atomic E-state index is 12.8. The van der Waals surface area contributed by atoms with Gasteiger partial charge in [-0.25, -0.2) is 4.98 Å². The zero-order valence-corrected chi connectivity index (χ0v) is 19.2. The van der Waals surface area contributed by atoms with Gasteiger partial charge in [0.15, 0.2) is 5.82 Å². The summed E-state index contributed by atoms with van der Waals surface area (Å²) >= 11 is 0. The number of anilines is 2. The van der Waals surface area contributed by atoms with Crippen molar-refractivity contribution < 1.29 is 14.3 Å². The lowest BCUT2D eigenvalue weighted by atomic mass is 9.89. The Morgan fingerprint density at radius 1 is 1.23 bits per heavy atom. The summed E-state index contributed by atoms with van der Waals surface area (Å²) in [4.78, 5) is 22.4. The predicted octanol–water partition coefficient (Wildman–Crippen LogP) is 2.86. The highest BCUT2D eigenvalue weighted by Gasteiger charge is 2.42. The zero-order chi connectivity index (χ0) is 21.8. The molecule has 1 amide bonds. The minimum atomic E-state index is -0.205. The van der Waals surface area contributed by atoms with Crippen LogP contribution in [-0.4, -0.2) is 60.8 Å². The van der Waals surface area contributed by atoms with Crippen LogP contribution in [0.3, 0.4) is 0 Å². The van der Waals surface area contributed by atoms with Gasteiger partial charge < -0.3 is 25.0 Å². The van der Waals surface area contributed by atoms with E-state index in [9.17, 15) is 4.79 Å². The van der Waals surface area contributed by atoms with Gasteiger partial charge in [-0.1, -0.05) is 0 Å². The van der Waals surface area contributed by atoms with Crippen LogP contribution in [0.5, 0.6) is 0 Å². The second kappa shape index (κ2) is 7.93. The highest BCUT2D eigenvalue weighted by molar-refractivity contribution is 5.77. The van der Waals surface area contributed by atoms with Crippen LogP contribution >= 0.6 is 0 Å². The highest BCUT2D eigenvalue weighted by Crippen LogP contribution is 2.47. The SMILES string of the molecule is COCCC(=O)N1CCN(c2nc(C3CC3)c3c(c2N)CC(C)(C)OC3)CC1C1CC1. The molecule has 1 aromatic heterocycles. The number of aromatic nitrogens is 1. The molecular weight excluding hydrogens is 392 g/mol. The summed E-state index contributed by atoms with van der Waals surface area (Å²) in [6, 6.07) is 0.250. The third-order valence-corrected chi connectivity index (χ3v) is 7.36. The van der Waals surface area contributed by atoms with Crippen molar-refractivity contribution in [2.24, 2.45) is 5.92 Å². The Hall–Kier alpha value is -1.86. The average molecular weight is 429 g/mol. The molecule has 7 heteroatoms. The molecule has 0 aromatic carbocycles. The molecule has 2 N–H and O–H groups in total. The number of hydrogen-bond donors (Lipinski definition) is 1. The zero-order valence-electron chi connectivity index (χ0n) is 19.2. The van der Waals surface area contributed by atoms with Crippen LogP contribution in [0.25, 0.3) is 0 Å². The Kier molecular flexibility index (Phi) is 5.37. The van der Waals surface area contributed by atoms with Crippen molar-refractivity contribution >= 4 is 17.4 Å².